The Morgan fingerprint density at radius 3 is 0.520 bits per heavy atom. The fraction of sp³-hybridized carbons (Fsp3) is 0.955. The van der Waals surface area contributed by atoms with Crippen molar-refractivity contribution in [2.75, 3.05) is 0 Å². The summed E-state index contributed by atoms with van der Waals surface area (Å²) < 4.78 is 0. The molecule has 2 N–H and O–H groups in total. The molecule has 296 valence electrons. The van der Waals surface area contributed by atoms with Crippen molar-refractivity contribution in [3.8, 4) is 0 Å². The van der Waals surface area contributed by atoms with Gasteiger partial charge in [0, 0.05) is 12.8 Å². The maximum absolute atomic E-state index is 10.4. The molecule has 0 aromatic carbocycles. The second-order valence-corrected chi connectivity index (χ2v) is 15.0. The molecule has 0 spiro atoms. The van der Waals surface area contributed by atoms with E-state index in [2.05, 4.69) is 13.8 Å². The van der Waals surface area contributed by atoms with E-state index in [4.69, 9.17) is 10.2 Å². The minimum atomic E-state index is -0.651. The van der Waals surface area contributed by atoms with Crippen molar-refractivity contribution < 1.29 is 25.5 Å². The first-order valence-electron chi connectivity index (χ1n) is 22.0. The van der Waals surface area contributed by atoms with Gasteiger partial charge in [-0.05, 0) is 12.8 Å². The van der Waals surface area contributed by atoms with Gasteiger partial charge in [-0.25, -0.2) is 0 Å². The van der Waals surface area contributed by atoms with E-state index in [-0.39, 0.29) is 81.2 Å². The maximum Gasteiger partial charge on any atom is 2.00 e. The first-order chi connectivity index (χ1) is 23.5. The summed E-state index contributed by atoms with van der Waals surface area (Å²) in [6.45, 7) is 4.57. The molecule has 0 heterocycles. The van der Waals surface area contributed by atoms with Crippen LogP contribution in [0.25, 0.3) is 0 Å². The first-order valence-corrected chi connectivity index (χ1v) is 22.0. The van der Waals surface area contributed by atoms with Crippen LogP contribution in [-0.4, -0.2) is 97.6 Å². The van der Waals surface area contributed by atoms with Gasteiger partial charge >= 0.3 is 87.4 Å². The van der Waals surface area contributed by atoms with Crippen molar-refractivity contribution in [1.29, 1.82) is 0 Å². The molecule has 6 heteroatoms. The van der Waals surface area contributed by atoms with Gasteiger partial charge in [0.2, 0.25) is 0 Å². The molecule has 0 rings (SSSR count). The van der Waals surface area contributed by atoms with Crippen LogP contribution in [0.2, 0.25) is 0 Å². The third-order valence-corrected chi connectivity index (χ3v) is 9.99. The minimum absolute atomic E-state index is 0. The van der Waals surface area contributed by atoms with Gasteiger partial charge < -0.3 is 15.9 Å². The van der Waals surface area contributed by atoms with E-state index < -0.39 is 11.9 Å². The van der Waals surface area contributed by atoms with Crippen molar-refractivity contribution in [2.24, 2.45) is 0 Å². The van der Waals surface area contributed by atoms with Crippen LogP contribution < -0.4 is 0 Å². The Balaban J connectivity index is -0.000000118. The Morgan fingerprint density at radius 2 is 0.400 bits per heavy atom. The zero-order valence-electron chi connectivity index (χ0n) is 38.4. The molecular formula is C44H92Ca2O4. The molecule has 0 fully saturated rings. The normalized spacial score (nSPS) is 10.6. The average Bonchev–Trinajstić information content (AvgIpc) is 3.07. The molecule has 0 radical (unpaired) electrons. The van der Waals surface area contributed by atoms with Crippen molar-refractivity contribution in [3.05, 3.63) is 0 Å². The van der Waals surface area contributed by atoms with Crippen molar-refractivity contribution in [2.45, 2.75) is 271 Å². The Labute approximate surface area is 380 Å². The molecule has 0 saturated carbocycles. The molecule has 0 atom stereocenters. The standard InChI is InChI=1S/2C22H44O2.2Ca.4H/c2*1-2-3-4-5-6-7-8-9-10-11-12-13-14-15-16-17-18-19-20-21-22(23)24;;;;;;/h2*2-21H2,1H3,(H,23,24);;;;;;/q;;2*+2;4*-1. The third kappa shape index (κ3) is 61.5. The van der Waals surface area contributed by atoms with Crippen LogP contribution >= 0.6 is 0 Å². The molecule has 50 heavy (non-hydrogen) atoms. The first kappa shape index (κ1) is 58.2. The average molecular weight is 765 g/mol. The molecular weight excluding hydrogens is 673 g/mol. The second kappa shape index (κ2) is 54.8. The summed E-state index contributed by atoms with van der Waals surface area (Å²) in [6, 6.07) is 0. The minimum Gasteiger partial charge on any atom is -1.00 e. The predicted molar refractivity (Wildman–Crippen MR) is 227 cm³/mol. The van der Waals surface area contributed by atoms with E-state index in [1.165, 1.54) is 218 Å². The van der Waals surface area contributed by atoms with Crippen LogP contribution in [0, 0.1) is 0 Å². The molecule has 0 unspecified atom stereocenters. The Kier molecular flexibility index (Phi) is 63.8. The smallest absolute Gasteiger partial charge is 1.00 e. The summed E-state index contributed by atoms with van der Waals surface area (Å²) in [5, 5.41) is 17.1. The van der Waals surface area contributed by atoms with E-state index >= 15 is 0 Å². The number of rotatable bonds is 40. The molecule has 0 aliphatic carbocycles. The zero-order chi connectivity index (χ0) is 35.4. The number of carbonyl (C=O) groups is 2. The summed E-state index contributed by atoms with van der Waals surface area (Å²) in [5.74, 6) is -1.30. The van der Waals surface area contributed by atoms with E-state index in [1.54, 1.807) is 0 Å². The summed E-state index contributed by atoms with van der Waals surface area (Å²) in [7, 11) is 0. The molecule has 0 aromatic rings. The monoisotopic (exact) mass is 765 g/mol. The van der Waals surface area contributed by atoms with Crippen LogP contribution in [-0.2, 0) is 9.59 Å². The number of hydrogen-bond donors (Lipinski definition) is 2. The van der Waals surface area contributed by atoms with Gasteiger partial charge in [0.05, 0.1) is 0 Å². The maximum atomic E-state index is 10.4. The Hall–Kier alpha value is 1.46. The molecule has 4 nitrogen and oxygen atoms in total. The van der Waals surface area contributed by atoms with Crippen LogP contribution in [0.4, 0.5) is 0 Å². The van der Waals surface area contributed by atoms with E-state index in [9.17, 15) is 9.59 Å². The number of hydrogen-bond acceptors (Lipinski definition) is 2. The van der Waals surface area contributed by atoms with Crippen LogP contribution in [0.15, 0.2) is 0 Å². The van der Waals surface area contributed by atoms with Crippen LogP contribution in [0.3, 0.4) is 0 Å². The van der Waals surface area contributed by atoms with Gasteiger partial charge in [0.15, 0.2) is 0 Å². The quantitative estimate of drug-likeness (QED) is 0.0481. The zero-order valence-corrected chi connectivity index (χ0v) is 38.8. The van der Waals surface area contributed by atoms with Crippen molar-refractivity contribution in [3.63, 3.8) is 0 Å². The third-order valence-electron chi connectivity index (χ3n) is 9.99. The predicted octanol–water partition coefficient (Wildman–Crippen LogP) is 15.5. The van der Waals surface area contributed by atoms with Gasteiger partial charge in [-0.15, -0.1) is 0 Å². The summed E-state index contributed by atoms with van der Waals surface area (Å²) in [4.78, 5) is 20.8. The van der Waals surface area contributed by atoms with Gasteiger partial charge in [-0.3, -0.25) is 9.59 Å². The van der Waals surface area contributed by atoms with E-state index in [0.29, 0.717) is 12.8 Å². The topological polar surface area (TPSA) is 74.6 Å². The fourth-order valence-electron chi connectivity index (χ4n) is 6.71. The molecule has 0 bridgehead atoms. The van der Waals surface area contributed by atoms with Crippen LogP contribution in [0.1, 0.15) is 276 Å². The van der Waals surface area contributed by atoms with E-state index in [0.717, 1.165) is 25.7 Å². The summed E-state index contributed by atoms with van der Waals surface area (Å²) in [5.41, 5.74) is 0. The second-order valence-electron chi connectivity index (χ2n) is 15.0. The summed E-state index contributed by atoms with van der Waals surface area (Å²) >= 11 is 0. The van der Waals surface area contributed by atoms with Gasteiger partial charge in [-0.1, -0.05) is 245 Å². The molecule has 0 amide bonds. The molecule has 0 aromatic heterocycles. The molecule has 0 saturated heterocycles. The number of carboxylic acid groups (broad SMARTS) is 2. The number of unbranched alkanes of at least 4 members (excludes halogenated alkanes) is 36. The molecule has 0 aliphatic heterocycles. The van der Waals surface area contributed by atoms with Crippen LogP contribution in [0.5, 0.6) is 0 Å². The Bertz CT molecular complexity index is 585. The van der Waals surface area contributed by atoms with Gasteiger partial charge in [0.1, 0.15) is 0 Å². The summed E-state index contributed by atoms with van der Waals surface area (Å²) in [6.07, 6.45) is 52.2. The molecule has 0 aliphatic rings. The van der Waals surface area contributed by atoms with Gasteiger partial charge in [-0.2, -0.15) is 0 Å². The number of aliphatic carboxylic acids is 2. The van der Waals surface area contributed by atoms with E-state index in [1.807, 2.05) is 0 Å². The largest absolute Gasteiger partial charge is 2.00 e. The fourth-order valence-corrected chi connectivity index (χ4v) is 6.71. The SMILES string of the molecule is CCCCCCCCCCCCCCCCCCCCCC(=O)O.CCCCCCCCCCCCCCCCCCCCCC(=O)O.[Ca+2].[Ca+2].[H-].[H-].[H-].[H-]. The Morgan fingerprint density at radius 1 is 0.280 bits per heavy atom. The van der Waals surface area contributed by atoms with Crippen molar-refractivity contribution in [1.82, 2.24) is 0 Å². The van der Waals surface area contributed by atoms with Gasteiger partial charge in [0.25, 0.3) is 0 Å². The van der Waals surface area contributed by atoms with Crippen molar-refractivity contribution >= 4 is 87.4 Å². The number of carboxylic acids is 2.